The third kappa shape index (κ3) is 2.80. The summed E-state index contributed by atoms with van der Waals surface area (Å²) in [5.41, 5.74) is 1.03. The summed E-state index contributed by atoms with van der Waals surface area (Å²) in [5.74, 6) is 0.882. The number of thiophene rings is 1. The van der Waals surface area contributed by atoms with Gasteiger partial charge in [0, 0.05) is 25.7 Å². The molecule has 2 aromatic rings. The molecule has 3 rings (SSSR count). The van der Waals surface area contributed by atoms with E-state index in [1.165, 1.54) is 6.42 Å². The summed E-state index contributed by atoms with van der Waals surface area (Å²) in [6.07, 6.45) is 1.20. The normalized spacial score (nSPS) is 17.8. The molecule has 0 aromatic carbocycles. The van der Waals surface area contributed by atoms with Gasteiger partial charge in [0.2, 0.25) is 0 Å². The van der Waals surface area contributed by atoms with E-state index in [9.17, 15) is 0 Å². The van der Waals surface area contributed by atoms with Gasteiger partial charge in [0.15, 0.2) is 5.76 Å². The van der Waals surface area contributed by atoms with Gasteiger partial charge in [-0.3, -0.25) is 4.90 Å². The monoisotopic (exact) mass is 263 g/mol. The van der Waals surface area contributed by atoms with Crippen molar-refractivity contribution < 1.29 is 4.52 Å². The van der Waals surface area contributed by atoms with Crippen LogP contribution in [-0.4, -0.2) is 36.2 Å². The largest absolute Gasteiger partial charge is 0.355 e. The van der Waals surface area contributed by atoms with E-state index < -0.39 is 0 Å². The molecule has 0 amide bonds. The van der Waals surface area contributed by atoms with E-state index in [-0.39, 0.29) is 0 Å². The van der Waals surface area contributed by atoms with Crippen LogP contribution < -0.4 is 5.32 Å². The highest BCUT2D eigenvalue weighted by atomic mass is 32.1. The van der Waals surface area contributed by atoms with E-state index in [1.54, 1.807) is 11.3 Å². The van der Waals surface area contributed by atoms with Crippen LogP contribution in [0.3, 0.4) is 0 Å². The molecule has 0 atom stereocenters. The Morgan fingerprint density at radius 1 is 1.39 bits per heavy atom. The van der Waals surface area contributed by atoms with Crippen LogP contribution in [0.25, 0.3) is 10.6 Å². The predicted octanol–water partition coefficient (Wildman–Crippen LogP) is 2.20. The summed E-state index contributed by atoms with van der Waals surface area (Å²) in [6.45, 7) is 5.29. The molecule has 0 unspecified atom stereocenters. The van der Waals surface area contributed by atoms with Crippen LogP contribution in [0.2, 0.25) is 0 Å². The maximum atomic E-state index is 5.40. The fourth-order valence-corrected chi connectivity index (χ4v) is 2.88. The third-order valence-corrected chi connectivity index (χ3v) is 4.03. The third-order valence-electron chi connectivity index (χ3n) is 3.14. The second kappa shape index (κ2) is 5.65. The molecule has 0 saturated carbocycles. The smallest absolute Gasteiger partial charge is 0.177 e. The summed E-state index contributed by atoms with van der Waals surface area (Å²) in [4.78, 5) is 3.57. The van der Waals surface area contributed by atoms with Gasteiger partial charge in [-0.2, -0.15) is 0 Å². The molecule has 1 aliphatic rings. The van der Waals surface area contributed by atoms with Gasteiger partial charge in [-0.15, -0.1) is 11.3 Å². The van der Waals surface area contributed by atoms with Gasteiger partial charge in [0.25, 0.3) is 0 Å². The maximum Gasteiger partial charge on any atom is 0.177 e. The SMILES string of the molecule is c1csc(-c2cc(CN3CCCNCC3)no2)c1. The van der Waals surface area contributed by atoms with Crippen LogP contribution in [0.4, 0.5) is 0 Å². The summed E-state index contributed by atoms with van der Waals surface area (Å²) in [7, 11) is 0. The Hall–Kier alpha value is -1.17. The lowest BCUT2D eigenvalue weighted by atomic mass is 10.3. The second-order valence-electron chi connectivity index (χ2n) is 4.54. The average Bonchev–Trinajstić information content (AvgIpc) is 2.98. The first-order chi connectivity index (χ1) is 8.92. The molecule has 1 N–H and O–H groups in total. The Morgan fingerprint density at radius 2 is 2.39 bits per heavy atom. The average molecular weight is 263 g/mol. The molecule has 2 aromatic heterocycles. The summed E-state index contributed by atoms with van der Waals surface area (Å²) in [5, 5.41) is 9.63. The zero-order valence-corrected chi connectivity index (χ0v) is 11.1. The fraction of sp³-hybridized carbons (Fsp3) is 0.462. The predicted molar refractivity (Wildman–Crippen MR) is 72.6 cm³/mol. The van der Waals surface area contributed by atoms with Crippen LogP contribution in [0.15, 0.2) is 28.1 Å². The molecule has 4 nitrogen and oxygen atoms in total. The number of rotatable bonds is 3. The van der Waals surface area contributed by atoms with Crippen molar-refractivity contribution in [2.75, 3.05) is 26.2 Å². The van der Waals surface area contributed by atoms with Gasteiger partial charge in [-0.05, 0) is 31.0 Å². The van der Waals surface area contributed by atoms with Gasteiger partial charge in [0.1, 0.15) is 0 Å². The van der Waals surface area contributed by atoms with Crippen molar-refractivity contribution in [3.8, 4) is 10.6 Å². The Morgan fingerprint density at radius 3 is 3.28 bits per heavy atom. The molecule has 0 bridgehead atoms. The van der Waals surface area contributed by atoms with Crippen molar-refractivity contribution in [2.45, 2.75) is 13.0 Å². The van der Waals surface area contributed by atoms with Gasteiger partial charge in [-0.25, -0.2) is 0 Å². The Balaban J connectivity index is 1.66. The molecule has 0 radical (unpaired) electrons. The van der Waals surface area contributed by atoms with E-state index in [0.29, 0.717) is 0 Å². The quantitative estimate of drug-likeness (QED) is 0.921. The van der Waals surface area contributed by atoms with E-state index in [2.05, 4.69) is 32.9 Å². The zero-order valence-electron chi connectivity index (χ0n) is 10.3. The molecule has 1 fully saturated rings. The highest BCUT2D eigenvalue weighted by Crippen LogP contribution is 2.25. The lowest BCUT2D eigenvalue weighted by Crippen LogP contribution is -2.27. The van der Waals surface area contributed by atoms with Gasteiger partial charge < -0.3 is 9.84 Å². The minimum absolute atomic E-state index is 0.882. The zero-order chi connectivity index (χ0) is 12.2. The molecule has 18 heavy (non-hydrogen) atoms. The molecular formula is C13H17N3OS. The van der Waals surface area contributed by atoms with Gasteiger partial charge in [-0.1, -0.05) is 11.2 Å². The van der Waals surface area contributed by atoms with Crippen LogP contribution in [-0.2, 0) is 6.54 Å². The molecule has 1 aliphatic heterocycles. The standard InChI is InChI=1S/C13H17N3OS/c1-3-13(18-8-1)12-9-11(15-17-12)10-16-6-2-4-14-5-7-16/h1,3,8-9,14H,2,4-7,10H2. The van der Waals surface area contributed by atoms with Crippen molar-refractivity contribution in [2.24, 2.45) is 0 Å². The van der Waals surface area contributed by atoms with E-state index in [0.717, 1.165) is 49.1 Å². The molecule has 0 aliphatic carbocycles. The Labute approximate surface area is 111 Å². The van der Waals surface area contributed by atoms with Crippen molar-refractivity contribution in [3.63, 3.8) is 0 Å². The number of hydrogen-bond donors (Lipinski definition) is 1. The van der Waals surface area contributed by atoms with Crippen LogP contribution in [0.1, 0.15) is 12.1 Å². The number of aromatic nitrogens is 1. The second-order valence-corrected chi connectivity index (χ2v) is 5.49. The van der Waals surface area contributed by atoms with Crippen LogP contribution in [0, 0.1) is 0 Å². The van der Waals surface area contributed by atoms with Crippen molar-refractivity contribution in [1.29, 1.82) is 0 Å². The molecular weight excluding hydrogens is 246 g/mol. The summed E-state index contributed by atoms with van der Waals surface area (Å²) < 4.78 is 5.40. The van der Waals surface area contributed by atoms with Gasteiger partial charge >= 0.3 is 0 Å². The van der Waals surface area contributed by atoms with E-state index in [4.69, 9.17) is 4.52 Å². The summed E-state index contributed by atoms with van der Waals surface area (Å²) >= 11 is 1.68. The molecule has 1 saturated heterocycles. The fourth-order valence-electron chi connectivity index (χ4n) is 2.21. The lowest BCUT2D eigenvalue weighted by molar-refractivity contribution is 0.274. The number of nitrogens with zero attached hydrogens (tertiary/aromatic N) is 2. The number of hydrogen-bond acceptors (Lipinski definition) is 5. The van der Waals surface area contributed by atoms with Gasteiger partial charge in [0.05, 0.1) is 10.6 Å². The van der Waals surface area contributed by atoms with Crippen molar-refractivity contribution in [1.82, 2.24) is 15.4 Å². The van der Waals surface area contributed by atoms with Crippen LogP contribution in [0.5, 0.6) is 0 Å². The van der Waals surface area contributed by atoms with Crippen molar-refractivity contribution >= 4 is 11.3 Å². The Bertz CT molecular complexity index is 472. The van der Waals surface area contributed by atoms with E-state index >= 15 is 0 Å². The van der Waals surface area contributed by atoms with Crippen molar-refractivity contribution in [3.05, 3.63) is 29.3 Å². The first kappa shape index (κ1) is 11.9. The molecule has 0 spiro atoms. The summed E-state index contributed by atoms with van der Waals surface area (Å²) in [6, 6.07) is 6.15. The maximum absolute atomic E-state index is 5.40. The minimum Gasteiger partial charge on any atom is -0.355 e. The Kier molecular flexibility index (Phi) is 3.73. The highest BCUT2D eigenvalue weighted by Gasteiger charge is 2.13. The highest BCUT2D eigenvalue weighted by molar-refractivity contribution is 7.13. The van der Waals surface area contributed by atoms with E-state index in [1.807, 2.05) is 6.07 Å². The molecule has 96 valence electrons. The van der Waals surface area contributed by atoms with Crippen LogP contribution >= 0.6 is 11.3 Å². The first-order valence-electron chi connectivity index (χ1n) is 6.34. The topological polar surface area (TPSA) is 41.3 Å². The lowest BCUT2D eigenvalue weighted by Gasteiger charge is -2.17. The molecule has 5 heteroatoms. The number of nitrogens with one attached hydrogen (secondary N) is 1. The molecule has 3 heterocycles. The first-order valence-corrected chi connectivity index (χ1v) is 7.22. The minimum atomic E-state index is 0.882.